The molecule has 1 unspecified atom stereocenters. The molecule has 0 heterocycles. The van der Waals surface area contributed by atoms with Crippen LogP contribution in [0.1, 0.15) is 37.5 Å². The molecule has 11 heteroatoms. The Morgan fingerprint density at radius 3 is 2.61 bits per heavy atom. The van der Waals surface area contributed by atoms with Crippen molar-refractivity contribution < 1.29 is 54.1 Å². The van der Waals surface area contributed by atoms with E-state index in [0.717, 1.165) is 19.3 Å². The van der Waals surface area contributed by atoms with E-state index >= 15 is 0 Å². The number of nitrogens with one attached hydrogen (secondary N) is 2. The van der Waals surface area contributed by atoms with Crippen LogP contribution in [-0.4, -0.2) is 20.6 Å². The first-order valence-electron chi connectivity index (χ1n) is 9.11. The summed E-state index contributed by atoms with van der Waals surface area (Å²) in [6.45, 7) is 0. The van der Waals surface area contributed by atoms with E-state index < -0.39 is 23.1 Å². The minimum atomic E-state index is -2.67. The molecule has 0 saturated carbocycles. The number of carbonyl (C=O) groups is 2. The van der Waals surface area contributed by atoms with Crippen molar-refractivity contribution in [1.82, 2.24) is 0 Å². The quantitative estimate of drug-likeness (QED) is 0.237. The number of ether oxygens (including phenoxy) is 1. The van der Waals surface area contributed by atoms with Crippen LogP contribution in [0.15, 0.2) is 48.0 Å². The van der Waals surface area contributed by atoms with E-state index in [4.69, 9.17) is 22.1 Å². The Bertz CT molecular complexity index is 1050. The third-order valence-electron chi connectivity index (χ3n) is 4.46. The molecular formula is C20H20ClN3NaO5S-. The van der Waals surface area contributed by atoms with Crippen LogP contribution < -0.4 is 50.1 Å². The number of benzene rings is 2. The summed E-state index contributed by atoms with van der Waals surface area (Å²) in [5, 5.41) is 3.36. The number of rotatable bonds is 7. The van der Waals surface area contributed by atoms with E-state index in [1.165, 1.54) is 12.1 Å². The Morgan fingerprint density at radius 1 is 1.23 bits per heavy atom. The number of hydrogen-bond acceptors (Lipinski definition) is 6. The van der Waals surface area contributed by atoms with E-state index in [9.17, 15) is 18.4 Å². The Balaban J connectivity index is 0.00000256. The van der Waals surface area contributed by atoms with Crippen molar-refractivity contribution in [3.63, 3.8) is 0 Å². The molecule has 0 saturated heterocycles. The first kappa shape index (κ1) is 25.4. The Kier molecular flexibility index (Phi) is 9.54. The number of halogens is 1. The summed E-state index contributed by atoms with van der Waals surface area (Å²) in [5.74, 6) is -1.55. The number of nitrogens with two attached hydrogens (primary N) is 1. The fraction of sp³-hybridized carbons (Fsp3) is 0.200. The molecule has 31 heavy (non-hydrogen) atoms. The molecule has 1 aliphatic carbocycles. The number of esters is 1. The average molecular weight is 473 g/mol. The summed E-state index contributed by atoms with van der Waals surface area (Å²) in [6.07, 6.45) is 5.07. The second kappa shape index (κ2) is 11.7. The monoisotopic (exact) mass is 472 g/mol. The largest absolute Gasteiger partial charge is 1.00 e. The van der Waals surface area contributed by atoms with Crippen LogP contribution in [0.2, 0.25) is 5.02 Å². The topological polar surface area (TPSA) is 134 Å². The second-order valence-electron chi connectivity index (χ2n) is 6.56. The minimum absolute atomic E-state index is 0. The maximum Gasteiger partial charge on any atom is 1.00 e. The molecule has 0 bridgehead atoms. The van der Waals surface area contributed by atoms with E-state index in [1.807, 2.05) is 6.08 Å². The second-order valence-corrected chi connectivity index (χ2v) is 7.67. The van der Waals surface area contributed by atoms with Gasteiger partial charge < -0.3 is 26.5 Å². The first-order valence-corrected chi connectivity index (χ1v) is 10.6. The van der Waals surface area contributed by atoms with Crippen LogP contribution in [0.4, 0.5) is 17.1 Å². The van der Waals surface area contributed by atoms with Crippen molar-refractivity contribution in [3.05, 3.63) is 58.6 Å². The van der Waals surface area contributed by atoms with Gasteiger partial charge in [-0.25, -0.2) is 4.79 Å². The van der Waals surface area contributed by atoms with Crippen LogP contribution >= 0.6 is 11.6 Å². The number of allylic oxidation sites excluding steroid dienone is 1. The van der Waals surface area contributed by atoms with Gasteiger partial charge in [-0.15, -0.1) is 0 Å². The Hall–Kier alpha value is -1.88. The van der Waals surface area contributed by atoms with Gasteiger partial charge in [0, 0.05) is 27.5 Å². The summed E-state index contributed by atoms with van der Waals surface area (Å²) in [5.41, 5.74) is 6.48. The molecular weight excluding hydrogens is 453 g/mol. The van der Waals surface area contributed by atoms with E-state index in [0.29, 0.717) is 22.7 Å². The van der Waals surface area contributed by atoms with Crippen LogP contribution in [-0.2, 0) is 16.1 Å². The zero-order valence-electron chi connectivity index (χ0n) is 17.8. The van der Waals surface area contributed by atoms with E-state index in [2.05, 4.69) is 10.0 Å². The molecule has 1 aliphatic rings. The zero-order chi connectivity index (χ0) is 21.7. The number of primary amides is 1. The average Bonchev–Trinajstić information content (AvgIpc) is 2.70. The summed E-state index contributed by atoms with van der Waals surface area (Å²) >= 11 is 3.34. The van der Waals surface area contributed by atoms with Crippen molar-refractivity contribution in [2.75, 3.05) is 10.0 Å². The number of hydrogen-bond donors (Lipinski definition) is 3. The van der Waals surface area contributed by atoms with E-state index in [1.54, 1.807) is 24.3 Å². The maximum absolute atomic E-state index is 12.5. The van der Waals surface area contributed by atoms with Gasteiger partial charge in [-0.05, 0) is 56.0 Å². The number of carbonyl (C=O) groups excluding carboxylic acids is 2. The van der Waals surface area contributed by atoms with Crippen molar-refractivity contribution in [2.45, 2.75) is 25.7 Å². The fourth-order valence-corrected chi connectivity index (χ4v) is 3.66. The molecule has 8 nitrogen and oxygen atoms in total. The number of amides is 1. The fourth-order valence-electron chi connectivity index (χ4n) is 3.12. The van der Waals surface area contributed by atoms with Crippen molar-refractivity contribution in [1.29, 1.82) is 0 Å². The standard InChI is InChI=1S/C20H20ClN3O5S.Na.H/c21-13-7-4-8-14(11-13)23-18-15(24-30(27)28)9-10-16(17(18)19(22)25)29-20(26)12-5-2-1-3-6-12;;/h4-5,7-11,23-24H,1-3,6H2,(H2,22,25)(H,27,28);;/q;+1;-1/p-1. The van der Waals surface area contributed by atoms with Gasteiger partial charge in [0.25, 0.3) is 5.91 Å². The molecule has 0 radical (unpaired) electrons. The Morgan fingerprint density at radius 2 is 2.00 bits per heavy atom. The number of anilines is 3. The maximum atomic E-state index is 12.5. The first-order chi connectivity index (χ1) is 14.3. The van der Waals surface area contributed by atoms with Gasteiger partial charge in [0.1, 0.15) is 11.3 Å². The van der Waals surface area contributed by atoms with Crippen molar-refractivity contribution >= 4 is 51.8 Å². The molecule has 0 spiro atoms. The molecule has 2 aromatic carbocycles. The molecule has 1 amide bonds. The minimum Gasteiger partial charge on any atom is -1.00 e. The molecule has 1 atom stereocenters. The van der Waals surface area contributed by atoms with Gasteiger partial charge in [0.2, 0.25) is 0 Å². The predicted octanol–water partition coefficient (Wildman–Crippen LogP) is 0.911. The van der Waals surface area contributed by atoms with Crippen LogP contribution in [0, 0.1) is 0 Å². The van der Waals surface area contributed by atoms with Crippen LogP contribution in [0.3, 0.4) is 0 Å². The van der Waals surface area contributed by atoms with Gasteiger partial charge in [-0.2, -0.15) is 0 Å². The SMILES string of the molecule is NC(=O)c1c(OC(=O)C2=CCCCC2)ccc(NS(=O)[O-])c1Nc1cccc(Cl)c1.[H-].[Na+]. The molecule has 3 rings (SSSR count). The predicted molar refractivity (Wildman–Crippen MR) is 116 cm³/mol. The summed E-state index contributed by atoms with van der Waals surface area (Å²) in [7, 11) is 0. The van der Waals surface area contributed by atoms with Crippen molar-refractivity contribution in [3.8, 4) is 5.75 Å². The van der Waals surface area contributed by atoms with Crippen LogP contribution in [0.25, 0.3) is 0 Å². The van der Waals surface area contributed by atoms with Crippen LogP contribution in [0.5, 0.6) is 5.75 Å². The van der Waals surface area contributed by atoms with Gasteiger partial charge in [0.15, 0.2) is 0 Å². The molecule has 160 valence electrons. The van der Waals surface area contributed by atoms with Gasteiger partial charge in [-0.3, -0.25) is 9.00 Å². The van der Waals surface area contributed by atoms with E-state index in [-0.39, 0.29) is 53.7 Å². The molecule has 0 aromatic heterocycles. The molecule has 0 aliphatic heterocycles. The Labute approximate surface area is 210 Å². The smallest absolute Gasteiger partial charge is 1.00 e. The zero-order valence-corrected chi connectivity index (χ0v) is 20.3. The summed E-state index contributed by atoms with van der Waals surface area (Å²) < 4.78 is 30.1. The van der Waals surface area contributed by atoms with Gasteiger partial charge in [0.05, 0.1) is 11.4 Å². The summed E-state index contributed by atoms with van der Waals surface area (Å²) in [6, 6.07) is 9.26. The molecule has 0 fully saturated rings. The summed E-state index contributed by atoms with van der Waals surface area (Å²) in [4.78, 5) is 24.8. The normalized spacial score (nSPS) is 13.9. The molecule has 2 aromatic rings. The van der Waals surface area contributed by atoms with Gasteiger partial charge in [-0.1, -0.05) is 23.7 Å². The van der Waals surface area contributed by atoms with Crippen molar-refractivity contribution in [2.24, 2.45) is 5.73 Å². The third kappa shape index (κ3) is 6.80. The molecule has 4 N–H and O–H groups in total. The van der Waals surface area contributed by atoms with Gasteiger partial charge >= 0.3 is 35.5 Å². The third-order valence-corrected chi connectivity index (χ3v) is 5.08.